The normalized spacial score (nSPS) is 10.7. The van der Waals surface area contributed by atoms with E-state index in [1.54, 1.807) is 0 Å². The van der Waals surface area contributed by atoms with E-state index >= 15 is 0 Å². The zero-order valence-electron chi connectivity index (χ0n) is 12.9. The van der Waals surface area contributed by atoms with Crippen LogP contribution in [0.4, 0.5) is 0 Å². The molecule has 1 heterocycles. The van der Waals surface area contributed by atoms with E-state index < -0.39 is 0 Å². The van der Waals surface area contributed by atoms with Crippen LogP contribution in [0.3, 0.4) is 0 Å². The first-order chi connectivity index (χ1) is 11.3. The molecule has 0 aliphatic carbocycles. The maximum atomic E-state index is 5.75. The van der Waals surface area contributed by atoms with Gasteiger partial charge in [0.05, 0.1) is 6.61 Å². The lowest BCUT2D eigenvalue weighted by Crippen LogP contribution is -2.00. The monoisotopic (exact) mass is 326 g/mol. The molecule has 0 spiro atoms. The predicted molar refractivity (Wildman–Crippen MR) is 91.8 cm³/mol. The molecule has 0 amide bonds. The van der Waals surface area contributed by atoms with Crippen LogP contribution in [0.5, 0.6) is 5.75 Å². The number of hydrogen-bond donors (Lipinski definition) is 0. The summed E-state index contributed by atoms with van der Waals surface area (Å²) in [6.07, 6.45) is 1.01. The minimum atomic E-state index is 0.546. The average Bonchev–Trinajstić information content (AvgIpc) is 3.09. The van der Waals surface area contributed by atoms with Gasteiger partial charge in [-0.05, 0) is 36.2 Å². The first kappa shape index (κ1) is 15.6. The average molecular weight is 326 g/mol. The van der Waals surface area contributed by atoms with Gasteiger partial charge in [0.2, 0.25) is 5.89 Å². The Morgan fingerprint density at radius 1 is 1.04 bits per heavy atom. The molecular weight excluding hydrogens is 308 g/mol. The van der Waals surface area contributed by atoms with Crippen molar-refractivity contribution in [2.24, 2.45) is 0 Å². The molecule has 0 N–H and O–H groups in total. The quantitative estimate of drug-likeness (QED) is 0.473. The van der Waals surface area contributed by atoms with Crippen LogP contribution in [-0.2, 0) is 6.42 Å². The van der Waals surface area contributed by atoms with Crippen molar-refractivity contribution < 1.29 is 9.15 Å². The molecule has 23 heavy (non-hydrogen) atoms. The number of rotatable bonds is 7. The van der Waals surface area contributed by atoms with Crippen molar-refractivity contribution in [2.75, 3.05) is 12.4 Å². The minimum Gasteiger partial charge on any atom is -0.493 e. The van der Waals surface area contributed by atoms with E-state index in [9.17, 15) is 0 Å². The third-order valence-electron chi connectivity index (χ3n) is 3.31. The highest BCUT2D eigenvalue weighted by Gasteiger charge is 2.08. The molecule has 0 radical (unpaired) electrons. The van der Waals surface area contributed by atoms with E-state index in [1.807, 2.05) is 42.5 Å². The minimum absolute atomic E-state index is 0.546. The molecule has 0 aliphatic heterocycles. The number of hydrogen-bond acceptors (Lipinski definition) is 5. The maximum absolute atomic E-state index is 5.75. The SMILES string of the molecule is CCc1cccc(OCCSc2nnc(-c3ccccc3)o2)c1. The number of aryl methyl sites for hydroxylation is 1. The second-order valence-electron chi connectivity index (χ2n) is 4.94. The van der Waals surface area contributed by atoms with Gasteiger partial charge in [0, 0.05) is 11.3 Å². The van der Waals surface area contributed by atoms with Crippen LogP contribution in [0.15, 0.2) is 64.2 Å². The molecule has 3 rings (SSSR count). The highest BCUT2D eigenvalue weighted by Crippen LogP contribution is 2.23. The van der Waals surface area contributed by atoms with Gasteiger partial charge in [-0.2, -0.15) is 0 Å². The summed E-state index contributed by atoms with van der Waals surface area (Å²) in [6.45, 7) is 2.73. The first-order valence-corrected chi connectivity index (χ1v) is 8.57. The highest BCUT2D eigenvalue weighted by atomic mass is 32.2. The largest absolute Gasteiger partial charge is 0.493 e. The lowest BCUT2D eigenvalue weighted by Gasteiger charge is -2.06. The summed E-state index contributed by atoms with van der Waals surface area (Å²) >= 11 is 1.50. The summed E-state index contributed by atoms with van der Waals surface area (Å²) in [5.74, 6) is 2.21. The van der Waals surface area contributed by atoms with Gasteiger partial charge in [-0.15, -0.1) is 10.2 Å². The number of nitrogens with zero attached hydrogens (tertiary/aromatic N) is 2. The zero-order chi connectivity index (χ0) is 15.9. The van der Waals surface area contributed by atoms with Crippen molar-refractivity contribution >= 4 is 11.8 Å². The van der Waals surface area contributed by atoms with Gasteiger partial charge in [-0.1, -0.05) is 49.0 Å². The summed E-state index contributed by atoms with van der Waals surface area (Å²) in [5.41, 5.74) is 2.21. The van der Waals surface area contributed by atoms with Gasteiger partial charge in [0.15, 0.2) is 0 Å². The van der Waals surface area contributed by atoms with E-state index in [2.05, 4.69) is 29.3 Å². The Morgan fingerprint density at radius 2 is 1.91 bits per heavy atom. The van der Waals surface area contributed by atoms with Gasteiger partial charge in [0.1, 0.15) is 5.75 Å². The second kappa shape index (κ2) is 7.83. The van der Waals surface area contributed by atoms with Gasteiger partial charge in [0.25, 0.3) is 5.22 Å². The maximum Gasteiger partial charge on any atom is 0.276 e. The smallest absolute Gasteiger partial charge is 0.276 e. The Balaban J connectivity index is 1.48. The van der Waals surface area contributed by atoms with Gasteiger partial charge >= 0.3 is 0 Å². The highest BCUT2D eigenvalue weighted by molar-refractivity contribution is 7.99. The second-order valence-corrected chi connectivity index (χ2v) is 5.98. The summed E-state index contributed by atoms with van der Waals surface area (Å²) < 4.78 is 11.4. The molecule has 4 nitrogen and oxygen atoms in total. The summed E-state index contributed by atoms with van der Waals surface area (Å²) in [5, 5.41) is 8.69. The van der Waals surface area contributed by atoms with Crippen LogP contribution in [0.1, 0.15) is 12.5 Å². The molecule has 3 aromatic rings. The molecule has 0 unspecified atom stereocenters. The van der Waals surface area contributed by atoms with Crippen LogP contribution < -0.4 is 4.74 Å². The van der Waals surface area contributed by atoms with Crippen LogP contribution in [0, 0.1) is 0 Å². The van der Waals surface area contributed by atoms with Gasteiger partial charge in [-0.25, -0.2) is 0 Å². The lowest BCUT2D eigenvalue weighted by molar-refractivity contribution is 0.343. The van der Waals surface area contributed by atoms with Crippen molar-refractivity contribution in [1.29, 1.82) is 0 Å². The summed E-state index contributed by atoms with van der Waals surface area (Å²) in [6, 6.07) is 17.9. The van der Waals surface area contributed by atoms with Gasteiger partial charge in [-0.3, -0.25) is 0 Å². The van der Waals surface area contributed by atoms with Crippen molar-refractivity contribution in [1.82, 2.24) is 10.2 Å². The van der Waals surface area contributed by atoms with Crippen LogP contribution in [0.25, 0.3) is 11.5 Å². The standard InChI is InChI=1S/C18H18N2O2S/c1-2-14-7-6-10-16(13-14)21-11-12-23-18-20-19-17(22-18)15-8-4-3-5-9-15/h3-10,13H,2,11-12H2,1H3. The van der Waals surface area contributed by atoms with Crippen LogP contribution >= 0.6 is 11.8 Å². The molecule has 2 aromatic carbocycles. The molecule has 0 bridgehead atoms. The number of aromatic nitrogens is 2. The Morgan fingerprint density at radius 3 is 2.74 bits per heavy atom. The third-order valence-corrected chi connectivity index (χ3v) is 4.09. The van der Waals surface area contributed by atoms with Crippen LogP contribution in [0.2, 0.25) is 0 Å². The lowest BCUT2D eigenvalue weighted by atomic mass is 10.2. The summed E-state index contributed by atoms with van der Waals surface area (Å²) in [4.78, 5) is 0. The molecule has 0 saturated carbocycles. The molecule has 5 heteroatoms. The van der Waals surface area contributed by atoms with Crippen molar-refractivity contribution in [3.63, 3.8) is 0 Å². The third kappa shape index (κ3) is 4.36. The number of thioether (sulfide) groups is 1. The zero-order valence-corrected chi connectivity index (χ0v) is 13.8. The van der Waals surface area contributed by atoms with E-state index in [1.165, 1.54) is 17.3 Å². The number of ether oxygens (including phenoxy) is 1. The van der Waals surface area contributed by atoms with Crippen molar-refractivity contribution in [3.8, 4) is 17.2 Å². The van der Waals surface area contributed by atoms with E-state index in [-0.39, 0.29) is 0 Å². The molecule has 0 saturated heterocycles. The molecular formula is C18H18N2O2S. The summed E-state index contributed by atoms with van der Waals surface area (Å²) in [7, 11) is 0. The van der Waals surface area contributed by atoms with E-state index in [0.717, 1.165) is 23.5 Å². The molecule has 0 atom stereocenters. The Kier molecular flexibility index (Phi) is 5.32. The van der Waals surface area contributed by atoms with E-state index in [4.69, 9.17) is 9.15 Å². The number of benzene rings is 2. The predicted octanol–water partition coefficient (Wildman–Crippen LogP) is 4.47. The van der Waals surface area contributed by atoms with E-state index in [0.29, 0.717) is 17.7 Å². The van der Waals surface area contributed by atoms with Crippen molar-refractivity contribution in [3.05, 3.63) is 60.2 Å². The fourth-order valence-corrected chi connectivity index (χ4v) is 2.69. The molecule has 118 valence electrons. The Hall–Kier alpha value is -2.27. The van der Waals surface area contributed by atoms with Crippen LogP contribution in [-0.4, -0.2) is 22.6 Å². The molecule has 1 aromatic heterocycles. The fraction of sp³-hybridized carbons (Fsp3) is 0.222. The fourth-order valence-electron chi connectivity index (χ4n) is 2.11. The first-order valence-electron chi connectivity index (χ1n) is 7.58. The van der Waals surface area contributed by atoms with Gasteiger partial charge < -0.3 is 9.15 Å². The Labute approximate surface area is 139 Å². The van der Waals surface area contributed by atoms with Crippen molar-refractivity contribution in [2.45, 2.75) is 18.6 Å². The Bertz CT molecular complexity index is 744. The molecule has 0 fully saturated rings. The topological polar surface area (TPSA) is 48.2 Å². The molecule has 0 aliphatic rings.